The van der Waals surface area contributed by atoms with E-state index in [1.807, 2.05) is 19.1 Å². The zero-order valence-corrected chi connectivity index (χ0v) is 17.6. The topological polar surface area (TPSA) is 83.4 Å². The molecule has 7 nitrogen and oxygen atoms in total. The first-order valence-electron chi connectivity index (χ1n) is 8.73. The van der Waals surface area contributed by atoms with Gasteiger partial charge in [-0.15, -0.1) is 0 Å². The number of halogens is 1. The van der Waals surface area contributed by atoms with Gasteiger partial charge in [-0.25, -0.2) is 9.79 Å². The second kappa shape index (κ2) is 8.91. The molecule has 0 amide bonds. The number of benzene rings is 2. The SMILES string of the molecule is CCOc1ccccc1C1=N/C(=C/c2cc(Br)c(OC(C)=O)c(OC)c2)C(=O)O1. The van der Waals surface area contributed by atoms with Crippen molar-refractivity contribution in [3.8, 4) is 17.2 Å². The van der Waals surface area contributed by atoms with Gasteiger partial charge in [0.05, 0.1) is 23.8 Å². The number of nitrogens with zero attached hydrogens (tertiary/aromatic N) is 1. The number of carbonyl (C=O) groups is 2. The van der Waals surface area contributed by atoms with Crippen molar-refractivity contribution in [1.29, 1.82) is 0 Å². The molecule has 3 rings (SSSR count). The summed E-state index contributed by atoms with van der Waals surface area (Å²) in [6.45, 7) is 3.64. The molecule has 0 saturated carbocycles. The molecule has 0 radical (unpaired) electrons. The van der Waals surface area contributed by atoms with Gasteiger partial charge in [0.2, 0.25) is 5.90 Å². The summed E-state index contributed by atoms with van der Waals surface area (Å²) in [5.41, 5.74) is 1.33. The summed E-state index contributed by atoms with van der Waals surface area (Å²) in [6, 6.07) is 10.5. The Hall–Kier alpha value is -3.13. The maximum absolute atomic E-state index is 12.3. The van der Waals surface area contributed by atoms with Crippen LogP contribution in [0.5, 0.6) is 17.2 Å². The molecule has 0 unspecified atom stereocenters. The highest BCUT2D eigenvalue weighted by atomic mass is 79.9. The lowest BCUT2D eigenvalue weighted by Gasteiger charge is -2.11. The number of ether oxygens (including phenoxy) is 4. The first-order chi connectivity index (χ1) is 13.9. The zero-order chi connectivity index (χ0) is 21.0. The molecule has 0 aliphatic carbocycles. The average Bonchev–Trinajstić information content (AvgIpc) is 3.04. The predicted octanol–water partition coefficient (Wildman–Crippen LogP) is 4.13. The molecule has 0 atom stereocenters. The van der Waals surface area contributed by atoms with Crippen LogP contribution >= 0.6 is 15.9 Å². The van der Waals surface area contributed by atoms with Crippen molar-refractivity contribution in [3.63, 3.8) is 0 Å². The van der Waals surface area contributed by atoms with Gasteiger partial charge < -0.3 is 18.9 Å². The summed E-state index contributed by atoms with van der Waals surface area (Å²) in [7, 11) is 1.45. The Morgan fingerprint density at radius 2 is 2.00 bits per heavy atom. The Bertz CT molecular complexity index is 1030. The molecule has 1 aliphatic rings. The number of aliphatic imine (C=N–C) groups is 1. The van der Waals surface area contributed by atoms with E-state index < -0.39 is 11.9 Å². The molecule has 0 saturated heterocycles. The summed E-state index contributed by atoms with van der Waals surface area (Å²) in [6.07, 6.45) is 1.56. The second-order valence-corrected chi connectivity index (χ2v) is 6.75. The summed E-state index contributed by atoms with van der Waals surface area (Å²) in [4.78, 5) is 27.9. The van der Waals surface area contributed by atoms with Crippen LogP contribution in [0.15, 0.2) is 51.6 Å². The summed E-state index contributed by atoms with van der Waals surface area (Å²) < 4.78 is 21.8. The van der Waals surface area contributed by atoms with Crippen molar-refractivity contribution in [2.75, 3.05) is 13.7 Å². The third kappa shape index (κ3) is 4.65. The third-order valence-corrected chi connectivity index (χ3v) is 4.43. The number of esters is 2. The molecule has 0 N–H and O–H groups in total. The third-order valence-electron chi connectivity index (χ3n) is 3.84. The van der Waals surface area contributed by atoms with Crippen LogP contribution in [0.4, 0.5) is 0 Å². The monoisotopic (exact) mass is 459 g/mol. The van der Waals surface area contributed by atoms with E-state index in [9.17, 15) is 9.59 Å². The van der Waals surface area contributed by atoms with Crippen molar-refractivity contribution in [3.05, 3.63) is 57.7 Å². The zero-order valence-electron chi connectivity index (χ0n) is 16.0. The van der Waals surface area contributed by atoms with Crippen molar-refractivity contribution in [2.24, 2.45) is 4.99 Å². The van der Waals surface area contributed by atoms with E-state index in [0.29, 0.717) is 33.7 Å². The van der Waals surface area contributed by atoms with E-state index in [1.165, 1.54) is 14.0 Å². The molecule has 0 bridgehead atoms. The molecule has 29 heavy (non-hydrogen) atoms. The number of cyclic esters (lactones) is 1. The van der Waals surface area contributed by atoms with Crippen LogP contribution in [-0.2, 0) is 14.3 Å². The lowest BCUT2D eigenvalue weighted by atomic mass is 10.1. The average molecular weight is 460 g/mol. The fraction of sp³-hybridized carbons (Fsp3) is 0.190. The Morgan fingerprint density at radius 3 is 2.69 bits per heavy atom. The van der Waals surface area contributed by atoms with Gasteiger partial charge in [0.15, 0.2) is 17.2 Å². The van der Waals surface area contributed by atoms with Crippen LogP contribution in [0.25, 0.3) is 6.08 Å². The number of hydrogen-bond acceptors (Lipinski definition) is 7. The largest absolute Gasteiger partial charge is 0.493 e. The first-order valence-corrected chi connectivity index (χ1v) is 9.53. The molecule has 1 heterocycles. The maximum atomic E-state index is 12.3. The molecule has 0 spiro atoms. The minimum absolute atomic E-state index is 0.125. The minimum atomic E-state index is -0.578. The number of carbonyl (C=O) groups excluding carboxylic acids is 2. The molecule has 8 heteroatoms. The van der Waals surface area contributed by atoms with Gasteiger partial charge in [-0.2, -0.15) is 0 Å². The highest BCUT2D eigenvalue weighted by molar-refractivity contribution is 9.10. The molecule has 1 aliphatic heterocycles. The van der Waals surface area contributed by atoms with Crippen LogP contribution in [0.1, 0.15) is 25.0 Å². The van der Waals surface area contributed by atoms with Gasteiger partial charge in [0, 0.05) is 6.92 Å². The highest BCUT2D eigenvalue weighted by Crippen LogP contribution is 2.37. The standard InChI is InChI=1S/C21H18BrNO6/c1-4-27-17-8-6-5-7-14(17)20-23-16(21(25)29-20)10-13-9-15(22)19(28-12(2)24)18(11-13)26-3/h5-11H,4H2,1-3H3/b16-10+. The van der Waals surface area contributed by atoms with Gasteiger partial charge in [0.1, 0.15) is 5.75 Å². The van der Waals surface area contributed by atoms with Crippen LogP contribution < -0.4 is 14.2 Å². The quantitative estimate of drug-likeness (QED) is 0.366. The highest BCUT2D eigenvalue weighted by Gasteiger charge is 2.26. The Balaban J connectivity index is 1.98. The number of rotatable bonds is 6. The van der Waals surface area contributed by atoms with Crippen molar-refractivity contribution < 1.29 is 28.5 Å². The molecule has 0 aromatic heterocycles. The predicted molar refractivity (Wildman–Crippen MR) is 110 cm³/mol. The van der Waals surface area contributed by atoms with E-state index >= 15 is 0 Å². The van der Waals surface area contributed by atoms with E-state index in [-0.39, 0.29) is 17.3 Å². The van der Waals surface area contributed by atoms with E-state index in [2.05, 4.69) is 20.9 Å². The molecular weight excluding hydrogens is 442 g/mol. The fourth-order valence-corrected chi connectivity index (χ4v) is 3.21. The van der Waals surface area contributed by atoms with Crippen molar-refractivity contribution in [2.45, 2.75) is 13.8 Å². The molecule has 2 aromatic rings. The Morgan fingerprint density at radius 1 is 1.24 bits per heavy atom. The van der Waals surface area contributed by atoms with Crippen molar-refractivity contribution >= 4 is 39.8 Å². The molecule has 2 aromatic carbocycles. The summed E-state index contributed by atoms with van der Waals surface area (Å²) in [5, 5.41) is 0. The Labute approximate surface area is 176 Å². The summed E-state index contributed by atoms with van der Waals surface area (Å²) in [5.74, 6) is 0.289. The first kappa shape index (κ1) is 20.6. The lowest BCUT2D eigenvalue weighted by molar-refractivity contribution is -0.132. The number of hydrogen-bond donors (Lipinski definition) is 0. The lowest BCUT2D eigenvalue weighted by Crippen LogP contribution is -2.07. The van der Waals surface area contributed by atoms with Crippen LogP contribution in [0.3, 0.4) is 0 Å². The van der Waals surface area contributed by atoms with Gasteiger partial charge in [0.25, 0.3) is 0 Å². The fourth-order valence-electron chi connectivity index (χ4n) is 2.67. The van der Waals surface area contributed by atoms with E-state index in [4.69, 9.17) is 18.9 Å². The Kier molecular flexibility index (Phi) is 6.33. The second-order valence-electron chi connectivity index (χ2n) is 5.89. The van der Waals surface area contributed by atoms with Gasteiger partial charge in [-0.1, -0.05) is 12.1 Å². The molecule has 0 fully saturated rings. The molecule has 150 valence electrons. The minimum Gasteiger partial charge on any atom is -0.493 e. The van der Waals surface area contributed by atoms with E-state index in [1.54, 1.807) is 30.3 Å². The van der Waals surface area contributed by atoms with Crippen LogP contribution in [0.2, 0.25) is 0 Å². The number of para-hydroxylation sites is 1. The van der Waals surface area contributed by atoms with Crippen LogP contribution in [-0.4, -0.2) is 31.6 Å². The van der Waals surface area contributed by atoms with Gasteiger partial charge in [-0.05, 0) is 58.8 Å². The smallest absolute Gasteiger partial charge is 0.363 e. The van der Waals surface area contributed by atoms with Crippen LogP contribution in [0, 0.1) is 0 Å². The summed E-state index contributed by atoms with van der Waals surface area (Å²) >= 11 is 3.35. The van der Waals surface area contributed by atoms with Gasteiger partial charge in [-0.3, -0.25) is 4.79 Å². The normalized spacial score (nSPS) is 14.4. The van der Waals surface area contributed by atoms with E-state index in [0.717, 1.165) is 0 Å². The van der Waals surface area contributed by atoms with Gasteiger partial charge >= 0.3 is 11.9 Å². The number of methoxy groups -OCH3 is 1. The maximum Gasteiger partial charge on any atom is 0.363 e. The van der Waals surface area contributed by atoms with Crippen molar-refractivity contribution in [1.82, 2.24) is 0 Å². The molecular formula is C21H18BrNO6.